The molecule has 1 fully saturated rings. The van der Waals surface area contributed by atoms with Gasteiger partial charge in [0.25, 0.3) is 0 Å². The quantitative estimate of drug-likeness (QED) is 0.553. The lowest BCUT2D eigenvalue weighted by Crippen LogP contribution is -2.35. The Labute approximate surface area is 116 Å². The zero-order chi connectivity index (χ0) is 13.6. The maximum absolute atomic E-state index is 12.1. The summed E-state index contributed by atoms with van der Waals surface area (Å²) in [6.45, 7) is 6.70. The third-order valence-electron chi connectivity index (χ3n) is 5.34. The Bertz CT molecular complexity index is 407. The van der Waals surface area contributed by atoms with Crippen molar-refractivity contribution in [1.29, 1.82) is 0 Å². The van der Waals surface area contributed by atoms with Crippen molar-refractivity contribution in [3.05, 3.63) is 11.1 Å². The number of cyclic esters (lactones) is 1. The van der Waals surface area contributed by atoms with Gasteiger partial charge < -0.3 is 4.74 Å². The number of carbonyl (C=O) groups is 1. The van der Waals surface area contributed by atoms with Gasteiger partial charge in [-0.05, 0) is 57.3 Å². The molecule has 0 radical (unpaired) electrons. The number of fused-ring (bicyclic) bond motifs is 1. The standard InChI is InChI=1S/C17H26O2/c1-10(2)8-14-13-7-5-4-6-12(13)9-15-16(14)11(3)19-17(15)18/h10-11,14-16H,4-9H2,1-3H3/t11-,14+,15-,16+/m0/s1. The summed E-state index contributed by atoms with van der Waals surface area (Å²) >= 11 is 0. The first-order valence-electron chi connectivity index (χ1n) is 7.99. The second-order valence-electron chi connectivity index (χ2n) is 7.10. The van der Waals surface area contributed by atoms with E-state index in [1.165, 1.54) is 32.1 Å². The number of ether oxygens (including phenoxy) is 1. The zero-order valence-corrected chi connectivity index (χ0v) is 12.4. The van der Waals surface area contributed by atoms with Crippen molar-refractivity contribution in [3.63, 3.8) is 0 Å². The van der Waals surface area contributed by atoms with Crippen molar-refractivity contribution in [1.82, 2.24) is 0 Å². The second kappa shape index (κ2) is 4.96. The number of allylic oxidation sites excluding steroid dienone is 2. The average Bonchev–Trinajstić information content (AvgIpc) is 2.64. The Balaban J connectivity index is 1.96. The first-order valence-corrected chi connectivity index (χ1v) is 7.99. The third-order valence-corrected chi connectivity index (χ3v) is 5.34. The van der Waals surface area contributed by atoms with Crippen LogP contribution in [0.4, 0.5) is 0 Å². The molecule has 1 saturated heterocycles. The maximum Gasteiger partial charge on any atom is 0.309 e. The van der Waals surface area contributed by atoms with Crippen LogP contribution in [-0.2, 0) is 9.53 Å². The van der Waals surface area contributed by atoms with Crippen LogP contribution >= 0.6 is 0 Å². The van der Waals surface area contributed by atoms with Gasteiger partial charge in [0, 0.05) is 5.92 Å². The predicted molar refractivity (Wildman–Crippen MR) is 75.6 cm³/mol. The Morgan fingerprint density at radius 1 is 1.26 bits per heavy atom. The maximum atomic E-state index is 12.1. The van der Waals surface area contributed by atoms with E-state index in [0.717, 1.165) is 6.42 Å². The minimum atomic E-state index is 0.0726. The Kier molecular flexibility index (Phi) is 3.44. The third kappa shape index (κ3) is 2.23. The van der Waals surface area contributed by atoms with E-state index in [9.17, 15) is 4.79 Å². The highest BCUT2D eigenvalue weighted by Gasteiger charge is 2.50. The molecular weight excluding hydrogens is 236 g/mol. The molecule has 0 aromatic carbocycles. The van der Waals surface area contributed by atoms with Crippen molar-refractivity contribution < 1.29 is 9.53 Å². The highest BCUT2D eigenvalue weighted by Crippen LogP contribution is 2.51. The molecule has 0 saturated carbocycles. The number of esters is 1. The van der Waals surface area contributed by atoms with Crippen LogP contribution < -0.4 is 0 Å². The Morgan fingerprint density at radius 2 is 2.00 bits per heavy atom. The van der Waals surface area contributed by atoms with Crippen LogP contribution in [0.15, 0.2) is 11.1 Å². The monoisotopic (exact) mass is 262 g/mol. The van der Waals surface area contributed by atoms with E-state index in [1.54, 1.807) is 11.1 Å². The van der Waals surface area contributed by atoms with E-state index in [0.29, 0.717) is 17.8 Å². The van der Waals surface area contributed by atoms with Crippen LogP contribution in [0.1, 0.15) is 59.3 Å². The Hall–Kier alpha value is -0.790. The van der Waals surface area contributed by atoms with E-state index in [2.05, 4.69) is 20.8 Å². The zero-order valence-electron chi connectivity index (χ0n) is 12.4. The molecule has 1 aliphatic heterocycles. The van der Waals surface area contributed by atoms with Gasteiger partial charge in [-0.15, -0.1) is 0 Å². The van der Waals surface area contributed by atoms with Crippen molar-refractivity contribution >= 4 is 5.97 Å². The summed E-state index contributed by atoms with van der Waals surface area (Å²) in [5, 5.41) is 0. The highest BCUT2D eigenvalue weighted by atomic mass is 16.6. The fraction of sp³-hybridized carbons (Fsp3) is 0.824. The molecule has 0 bridgehead atoms. The summed E-state index contributed by atoms with van der Waals surface area (Å²) in [4.78, 5) is 12.1. The number of rotatable bonds is 2. The smallest absolute Gasteiger partial charge is 0.309 e. The van der Waals surface area contributed by atoms with Gasteiger partial charge in [0.15, 0.2) is 0 Å². The largest absolute Gasteiger partial charge is 0.462 e. The SMILES string of the molecule is CC(C)C[C@@H]1C2=C(CCCC2)C[C@@H]2C(=O)O[C@@H](C)[C@@H]21. The normalized spacial score (nSPS) is 38.2. The van der Waals surface area contributed by atoms with Crippen LogP contribution in [0.25, 0.3) is 0 Å². The molecule has 1 heterocycles. The molecule has 19 heavy (non-hydrogen) atoms. The number of carbonyl (C=O) groups excluding carboxylic acids is 1. The average molecular weight is 262 g/mol. The van der Waals surface area contributed by atoms with E-state index in [4.69, 9.17) is 4.74 Å². The van der Waals surface area contributed by atoms with Gasteiger partial charge in [-0.25, -0.2) is 0 Å². The first kappa shape index (κ1) is 13.2. The van der Waals surface area contributed by atoms with Crippen LogP contribution in [0.2, 0.25) is 0 Å². The lowest BCUT2D eigenvalue weighted by atomic mass is 9.63. The van der Waals surface area contributed by atoms with E-state index < -0.39 is 0 Å². The number of hydrogen-bond donors (Lipinski definition) is 0. The van der Waals surface area contributed by atoms with E-state index in [-0.39, 0.29) is 18.0 Å². The van der Waals surface area contributed by atoms with Gasteiger partial charge in [-0.2, -0.15) is 0 Å². The molecule has 3 rings (SSSR count). The number of hydrogen-bond acceptors (Lipinski definition) is 2. The topological polar surface area (TPSA) is 26.3 Å². The van der Waals surface area contributed by atoms with Crippen molar-refractivity contribution in [2.75, 3.05) is 0 Å². The summed E-state index contributed by atoms with van der Waals surface area (Å²) in [5.74, 6) is 1.99. The van der Waals surface area contributed by atoms with Crippen molar-refractivity contribution in [3.8, 4) is 0 Å². The predicted octanol–water partition coefficient (Wildman–Crippen LogP) is 4.10. The summed E-state index contributed by atoms with van der Waals surface area (Å²) in [6, 6.07) is 0. The van der Waals surface area contributed by atoms with E-state index in [1.807, 2.05) is 0 Å². The fourth-order valence-electron chi connectivity index (χ4n) is 4.64. The van der Waals surface area contributed by atoms with Crippen LogP contribution in [0.3, 0.4) is 0 Å². The van der Waals surface area contributed by atoms with Gasteiger partial charge >= 0.3 is 5.97 Å². The summed E-state index contributed by atoms with van der Waals surface area (Å²) < 4.78 is 5.56. The fourth-order valence-corrected chi connectivity index (χ4v) is 4.64. The van der Waals surface area contributed by atoms with Crippen molar-refractivity contribution in [2.45, 2.75) is 65.4 Å². The molecular formula is C17H26O2. The second-order valence-corrected chi connectivity index (χ2v) is 7.10. The molecule has 2 aliphatic carbocycles. The molecule has 3 aliphatic rings. The summed E-state index contributed by atoms with van der Waals surface area (Å²) in [5.41, 5.74) is 3.33. The molecule has 0 N–H and O–H groups in total. The van der Waals surface area contributed by atoms with Gasteiger partial charge in [0.2, 0.25) is 0 Å². The molecule has 2 heteroatoms. The van der Waals surface area contributed by atoms with Crippen LogP contribution in [-0.4, -0.2) is 12.1 Å². The molecule has 0 amide bonds. The molecule has 0 aromatic heterocycles. The van der Waals surface area contributed by atoms with Crippen molar-refractivity contribution in [2.24, 2.45) is 23.7 Å². The van der Waals surface area contributed by atoms with Gasteiger partial charge in [0.1, 0.15) is 6.10 Å². The van der Waals surface area contributed by atoms with Gasteiger partial charge in [-0.1, -0.05) is 25.0 Å². The minimum absolute atomic E-state index is 0.0726. The molecule has 0 unspecified atom stereocenters. The minimum Gasteiger partial charge on any atom is -0.462 e. The molecule has 0 spiro atoms. The Morgan fingerprint density at radius 3 is 2.74 bits per heavy atom. The molecule has 4 atom stereocenters. The van der Waals surface area contributed by atoms with Crippen LogP contribution in [0.5, 0.6) is 0 Å². The lowest BCUT2D eigenvalue weighted by Gasteiger charge is -2.40. The summed E-state index contributed by atoms with van der Waals surface area (Å²) in [6.07, 6.45) is 7.50. The lowest BCUT2D eigenvalue weighted by molar-refractivity contribution is -0.143. The van der Waals surface area contributed by atoms with Gasteiger partial charge in [-0.3, -0.25) is 4.79 Å². The molecule has 0 aromatic rings. The highest BCUT2D eigenvalue weighted by molar-refractivity contribution is 5.76. The summed E-state index contributed by atoms with van der Waals surface area (Å²) in [7, 11) is 0. The van der Waals surface area contributed by atoms with E-state index >= 15 is 0 Å². The van der Waals surface area contributed by atoms with Crippen LogP contribution in [0, 0.1) is 23.7 Å². The molecule has 106 valence electrons. The molecule has 2 nitrogen and oxygen atoms in total. The first-order chi connectivity index (χ1) is 9.08. The van der Waals surface area contributed by atoms with Gasteiger partial charge in [0.05, 0.1) is 5.92 Å².